The molecule has 0 radical (unpaired) electrons. The number of imidazole rings is 1. The van der Waals surface area contributed by atoms with Crippen molar-refractivity contribution in [3.63, 3.8) is 0 Å². The Kier molecular flexibility index (Phi) is 4.78. The molecule has 1 atom stereocenters. The molecule has 8 heteroatoms. The van der Waals surface area contributed by atoms with Gasteiger partial charge in [0, 0.05) is 24.1 Å². The quantitative estimate of drug-likeness (QED) is 0.391. The molecule has 0 bridgehead atoms. The number of aromatic nitrogens is 2. The summed E-state index contributed by atoms with van der Waals surface area (Å²) in [6, 6.07) is 6.71. The third kappa shape index (κ3) is 2.87. The predicted molar refractivity (Wildman–Crippen MR) is 98.7 cm³/mol. The Balaban J connectivity index is 2.14. The van der Waals surface area contributed by atoms with Crippen LogP contribution in [0.1, 0.15) is 11.1 Å². The van der Waals surface area contributed by atoms with Crippen LogP contribution in [0.4, 0.5) is 8.78 Å². The molecule has 4 nitrogen and oxygen atoms in total. The molecule has 0 N–H and O–H groups in total. The van der Waals surface area contributed by atoms with E-state index < -0.39 is 11.6 Å². The molecule has 120 valence electrons. The van der Waals surface area contributed by atoms with Crippen LogP contribution >= 0.6 is 28.4 Å². The minimum Gasteiger partial charge on any atom is -0.454 e. The van der Waals surface area contributed by atoms with Crippen LogP contribution in [0.5, 0.6) is 11.5 Å². The number of rotatable bonds is 4. The standard InChI is InChI=1S/C16H9F2IN3OP/c1-2-11-15-14(22(24-19)8-21-15)6-13(18)16(11)23-10-3-4-12(17)9(5-10)7-20/h2-6,8,24H,1H2. The van der Waals surface area contributed by atoms with Crippen molar-refractivity contribution < 1.29 is 13.5 Å². The number of fused-ring (bicyclic) bond motifs is 1. The lowest BCUT2D eigenvalue weighted by Crippen LogP contribution is -1.95. The fourth-order valence-electron chi connectivity index (χ4n) is 2.26. The van der Waals surface area contributed by atoms with Gasteiger partial charge in [0.1, 0.15) is 17.6 Å². The number of halogens is 3. The van der Waals surface area contributed by atoms with Gasteiger partial charge in [-0.3, -0.25) is 0 Å². The normalized spacial score (nSPS) is 11.1. The van der Waals surface area contributed by atoms with E-state index >= 15 is 0 Å². The Labute approximate surface area is 151 Å². The number of benzene rings is 2. The van der Waals surface area contributed by atoms with Crippen molar-refractivity contribution in [1.29, 1.82) is 5.26 Å². The first-order valence-corrected chi connectivity index (χ1v) is 10.7. The maximum absolute atomic E-state index is 14.6. The fraction of sp³-hybridized carbons (Fsp3) is 0. The summed E-state index contributed by atoms with van der Waals surface area (Å²) >= 11 is 2.18. The van der Waals surface area contributed by atoms with Crippen LogP contribution < -0.4 is 4.74 Å². The van der Waals surface area contributed by atoms with E-state index in [9.17, 15) is 8.78 Å². The van der Waals surface area contributed by atoms with Crippen LogP contribution in [-0.2, 0) is 0 Å². The lowest BCUT2D eigenvalue weighted by molar-refractivity contribution is 0.441. The molecule has 0 fully saturated rings. The Hall–Kier alpha value is -2.04. The van der Waals surface area contributed by atoms with Crippen molar-refractivity contribution in [2.75, 3.05) is 0 Å². The molecule has 0 saturated heterocycles. The van der Waals surface area contributed by atoms with Crippen LogP contribution in [-0.4, -0.2) is 9.32 Å². The zero-order chi connectivity index (χ0) is 17.3. The van der Waals surface area contributed by atoms with E-state index in [4.69, 9.17) is 10.00 Å². The van der Waals surface area contributed by atoms with E-state index in [-0.39, 0.29) is 17.1 Å². The number of hydrogen-bond acceptors (Lipinski definition) is 3. The molecule has 3 aromatic rings. The summed E-state index contributed by atoms with van der Waals surface area (Å²) < 4.78 is 35.3. The van der Waals surface area contributed by atoms with Crippen molar-refractivity contribution in [2.24, 2.45) is 0 Å². The molecule has 0 aliphatic carbocycles. The lowest BCUT2D eigenvalue weighted by atomic mass is 10.1. The molecule has 0 aliphatic rings. The largest absolute Gasteiger partial charge is 0.454 e. The Bertz CT molecular complexity index is 997. The number of nitriles is 1. The molecular weight excluding hydrogens is 446 g/mol. The molecule has 24 heavy (non-hydrogen) atoms. The number of nitrogens with zero attached hydrogens (tertiary/aromatic N) is 3. The van der Waals surface area contributed by atoms with Gasteiger partial charge in [-0.25, -0.2) is 13.8 Å². The second-order valence-corrected chi connectivity index (χ2v) is 6.83. The van der Waals surface area contributed by atoms with Gasteiger partial charge < -0.3 is 9.07 Å². The average molecular weight is 455 g/mol. The molecule has 1 unspecified atom stereocenters. The fourth-order valence-corrected chi connectivity index (χ4v) is 3.77. The van der Waals surface area contributed by atoms with Gasteiger partial charge >= 0.3 is 0 Å². The second kappa shape index (κ2) is 6.83. The first-order chi connectivity index (χ1) is 11.6. The maximum atomic E-state index is 14.6. The molecule has 0 spiro atoms. The van der Waals surface area contributed by atoms with Crippen LogP contribution in [0, 0.1) is 23.0 Å². The van der Waals surface area contributed by atoms with E-state index in [2.05, 4.69) is 33.6 Å². The first kappa shape index (κ1) is 16.8. The summed E-state index contributed by atoms with van der Waals surface area (Å²) in [5.41, 5.74) is 1.43. The van der Waals surface area contributed by atoms with Crippen molar-refractivity contribution in [2.45, 2.75) is 0 Å². The smallest absolute Gasteiger partial charge is 0.172 e. The van der Waals surface area contributed by atoms with Gasteiger partial charge in [-0.2, -0.15) is 5.26 Å². The summed E-state index contributed by atoms with van der Waals surface area (Å²) in [4.78, 5) is 4.29. The monoisotopic (exact) mass is 455 g/mol. The SMILES string of the molecule is C=Cc1c(Oc2ccc(F)c(C#N)c2)c(F)cc2c1ncn2PI. The minimum atomic E-state index is -0.661. The lowest BCUT2D eigenvalue weighted by Gasteiger charge is -2.11. The number of ether oxygens (including phenoxy) is 1. The van der Waals surface area contributed by atoms with Gasteiger partial charge in [0.15, 0.2) is 11.6 Å². The molecular formula is C16H9F2IN3OP. The van der Waals surface area contributed by atoms with Gasteiger partial charge in [-0.1, -0.05) is 12.7 Å². The summed E-state index contributed by atoms with van der Waals surface area (Å²) in [5.74, 6) is -1.15. The topological polar surface area (TPSA) is 50.8 Å². The van der Waals surface area contributed by atoms with Crippen molar-refractivity contribution >= 4 is 45.5 Å². The maximum Gasteiger partial charge on any atom is 0.172 e. The highest BCUT2D eigenvalue weighted by molar-refractivity contribution is 14.2. The van der Waals surface area contributed by atoms with Crippen LogP contribution in [0.3, 0.4) is 0 Å². The third-order valence-electron chi connectivity index (χ3n) is 3.36. The van der Waals surface area contributed by atoms with E-state index in [1.807, 2.05) is 4.34 Å². The molecule has 2 aromatic carbocycles. The molecule has 0 amide bonds. The summed E-state index contributed by atoms with van der Waals surface area (Å²) in [6.07, 6.45) is 3.46. The van der Waals surface area contributed by atoms with Crippen molar-refractivity contribution in [3.8, 4) is 17.6 Å². The van der Waals surface area contributed by atoms with Gasteiger partial charge in [0.2, 0.25) is 0 Å². The predicted octanol–water partition coefficient (Wildman–Crippen LogP) is 5.41. The Morgan fingerprint density at radius 1 is 1.33 bits per heavy atom. The van der Waals surface area contributed by atoms with Gasteiger partial charge in [0.25, 0.3) is 0 Å². The second-order valence-electron chi connectivity index (χ2n) is 4.73. The van der Waals surface area contributed by atoms with Crippen LogP contribution in [0.2, 0.25) is 0 Å². The summed E-state index contributed by atoms with van der Waals surface area (Å²) in [5, 5.41) is 8.89. The third-order valence-corrected chi connectivity index (χ3v) is 5.46. The van der Waals surface area contributed by atoms with Gasteiger partial charge in [0.05, 0.1) is 22.9 Å². The van der Waals surface area contributed by atoms with Gasteiger partial charge in [-0.05, 0) is 34.2 Å². The highest BCUT2D eigenvalue weighted by atomic mass is 127. The van der Waals surface area contributed by atoms with Crippen molar-refractivity contribution in [1.82, 2.24) is 9.32 Å². The zero-order valence-corrected chi connectivity index (χ0v) is 15.2. The van der Waals surface area contributed by atoms with Crippen molar-refractivity contribution in [3.05, 3.63) is 59.9 Å². The van der Waals surface area contributed by atoms with E-state index in [0.717, 1.165) is 6.07 Å². The summed E-state index contributed by atoms with van der Waals surface area (Å²) in [6.45, 7) is 3.70. The summed E-state index contributed by atoms with van der Waals surface area (Å²) in [7, 11) is 0. The zero-order valence-electron chi connectivity index (χ0n) is 12.1. The molecule has 1 aromatic heterocycles. The van der Waals surface area contributed by atoms with E-state index in [1.54, 1.807) is 12.4 Å². The van der Waals surface area contributed by atoms with Crippen LogP contribution in [0.15, 0.2) is 37.2 Å². The molecule has 1 heterocycles. The minimum absolute atomic E-state index is 0.0601. The molecule has 3 rings (SSSR count). The first-order valence-electron chi connectivity index (χ1n) is 6.65. The van der Waals surface area contributed by atoms with Crippen LogP contribution in [0.25, 0.3) is 17.1 Å². The molecule has 0 aliphatic heterocycles. The van der Waals surface area contributed by atoms with Gasteiger partial charge in [-0.15, -0.1) is 0 Å². The van der Waals surface area contributed by atoms with E-state index in [1.165, 1.54) is 24.3 Å². The highest BCUT2D eigenvalue weighted by Crippen LogP contribution is 2.38. The Morgan fingerprint density at radius 2 is 2.12 bits per heavy atom. The van der Waals surface area contributed by atoms with E-state index in [0.29, 0.717) is 23.0 Å². The number of hydrogen-bond donors (Lipinski definition) is 0. The Morgan fingerprint density at radius 3 is 2.79 bits per heavy atom. The average Bonchev–Trinajstić information content (AvgIpc) is 2.99. The highest BCUT2D eigenvalue weighted by Gasteiger charge is 2.18. The molecule has 0 saturated carbocycles.